The first-order valence-corrected chi connectivity index (χ1v) is 5.31. The molecular weight excluding hydrogens is 209 g/mol. The summed E-state index contributed by atoms with van der Waals surface area (Å²) in [5.74, 6) is -0.459. The van der Waals surface area contributed by atoms with Crippen molar-refractivity contribution in [1.29, 1.82) is 0 Å². The van der Waals surface area contributed by atoms with Crippen LogP contribution in [0.5, 0.6) is 0 Å². The van der Waals surface area contributed by atoms with Gasteiger partial charge in [-0.3, -0.25) is 4.79 Å². The molecule has 1 fully saturated rings. The predicted octanol–water partition coefficient (Wildman–Crippen LogP) is 1.65. The van der Waals surface area contributed by atoms with Crippen LogP contribution in [0.25, 0.3) is 0 Å². The molecule has 1 aromatic carbocycles. The van der Waals surface area contributed by atoms with E-state index in [9.17, 15) is 9.18 Å². The molecule has 3 nitrogen and oxygen atoms in total. The number of carbonyl (C=O) groups excluding carboxylic acids is 1. The van der Waals surface area contributed by atoms with Crippen LogP contribution in [0.15, 0.2) is 18.2 Å². The molecule has 1 atom stereocenters. The Morgan fingerprint density at radius 2 is 2.38 bits per heavy atom. The number of nitrogens with one attached hydrogen (secondary N) is 1. The van der Waals surface area contributed by atoms with Crippen molar-refractivity contribution >= 4 is 5.91 Å². The van der Waals surface area contributed by atoms with Crippen LogP contribution in [0, 0.1) is 12.7 Å². The van der Waals surface area contributed by atoms with Crippen molar-refractivity contribution in [2.45, 2.75) is 19.4 Å². The summed E-state index contributed by atoms with van der Waals surface area (Å²) in [6.45, 7) is 2.89. The molecular formula is C12H14FNO2. The lowest BCUT2D eigenvalue weighted by molar-refractivity contribution is 0.0930. The van der Waals surface area contributed by atoms with Crippen LogP contribution in [-0.2, 0) is 4.74 Å². The Bertz CT molecular complexity index is 400. The lowest BCUT2D eigenvalue weighted by atomic mass is 10.1. The van der Waals surface area contributed by atoms with Crippen LogP contribution in [-0.4, -0.2) is 25.2 Å². The maximum Gasteiger partial charge on any atom is 0.251 e. The minimum Gasteiger partial charge on any atom is -0.379 e. The van der Waals surface area contributed by atoms with Gasteiger partial charge < -0.3 is 10.1 Å². The Labute approximate surface area is 93.6 Å². The maximum absolute atomic E-state index is 13.0. The Morgan fingerprint density at radius 3 is 3.00 bits per heavy atom. The van der Waals surface area contributed by atoms with Gasteiger partial charge in [0.2, 0.25) is 0 Å². The van der Waals surface area contributed by atoms with Crippen molar-refractivity contribution in [1.82, 2.24) is 5.32 Å². The highest BCUT2D eigenvalue weighted by Gasteiger charge is 2.18. The lowest BCUT2D eigenvalue weighted by Crippen LogP contribution is -2.35. The van der Waals surface area contributed by atoms with Crippen molar-refractivity contribution < 1.29 is 13.9 Å². The minimum absolute atomic E-state index is 0.0814. The first kappa shape index (κ1) is 11.1. The summed E-state index contributed by atoms with van der Waals surface area (Å²) in [6, 6.07) is 4.45. The number of aryl methyl sites for hydroxylation is 1. The molecule has 1 aliphatic rings. The molecule has 1 heterocycles. The standard InChI is InChI=1S/C12H14FNO2/c1-8-6-9(2-3-11(8)13)12(15)14-10-4-5-16-7-10/h2-3,6,10H,4-5,7H2,1H3,(H,14,15). The van der Waals surface area contributed by atoms with E-state index in [1.807, 2.05) is 0 Å². The molecule has 16 heavy (non-hydrogen) atoms. The number of benzene rings is 1. The molecule has 0 radical (unpaired) electrons. The molecule has 1 unspecified atom stereocenters. The van der Waals surface area contributed by atoms with E-state index in [-0.39, 0.29) is 17.8 Å². The summed E-state index contributed by atoms with van der Waals surface area (Å²) in [7, 11) is 0. The Balaban J connectivity index is 2.05. The van der Waals surface area contributed by atoms with E-state index in [0.29, 0.717) is 24.3 Å². The predicted molar refractivity (Wildman–Crippen MR) is 57.8 cm³/mol. The molecule has 0 spiro atoms. The monoisotopic (exact) mass is 223 g/mol. The second-order valence-electron chi connectivity index (χ2n) is 4.00. The quantitative estimate of drug-likeness (QED) is 0.828. The molecule has 0 saturated carbocycles. The number of halogens is 1. The van der Waals surface area contributed by atoms with Gasteiger partial charge in [-0.25, -0.2) is 4.39 Å². The summed E-state index contributed by atoms with van der Waals surface area (Å²) in [6.07, 6.45) is 0.839. The molecule has 1 amide bonds. The molecule has 0 aliphatic carbocycles. The zero-order valence-corrected chi connectivity index (χ0v) is 9.13. The molecule has 1 aliphatic heterocycles. The van der Waals surface area contributed by atoms with Crippen LogP contribution < -0.4 is 5.32 Å². The Morgan fingerprint density at radius 1 is 1.56 bits per heavy atom. The van der Waals surface area contributed by atoms with Crippen LogP contribution >= 0.6 is 0 Å². The van der Waals surface area contributed by atoms with E-state index in [4.69, 9.17) is 4.74 Å². The summed E-state index contributed by atoms with van der Waals surface area (Å²) in [5.41, 5.74) is 0.973. The van der Waals surface area contributed by atoms with Crippen LogP contribution in [0.4, 0.5) is 4.39 Å². The van der Waals surface area contributed by atoms with E-state index in [1.165, 1.54) is 12.1 Å². The lowest BCUT2D eigenvalue weighted by Gasteiger charge is -2.10. The van der Waals surface area contributed by atoms with E-state index >= 15 is 0 Å². The fraction of sp³-hybridized carbons (Fsp3) is 0.417. The van der Waals surface area contributed by atoms with Crippen molar-refractivity contribution in [2.75, 3.05) is 13.2 Å². The van der Waals surface area contributed by atoms with Gasteiger partial charge in [0, 0.05) is 12.2 Å². The van der Waals surface area contributed by atoms with Crippen molar-refractivity contribution in [2.24, 2.45) is 0 Å². The van der Waals surface area contributed by atoms with Gasteiger partial charge >= 0.3 is 0 Å². The summed E-state index contributed by atoms with van der Waals surface area (Å²) >= 11 is 0. The fourth-order valence-corrected chi connectivity index (χ4v) is 1.70. The van der Waals surface area contributed by atoms with Gasteiger partial charge in [-0.1, -0.05) is 0 Å². The normalized spacial score (nSPS) is 19.8. The third-order valence-corrected chi connectivity index (χ3v) is 2.69. The SMILES string of the molecule is Cc1cc(C(=O)NC2CCOC2)ccc1F. The number of ether oxygens (including phenoxy) is 1. The van der Waals surface area contributed by atoms with Crippen molar-refractivity contribution in [3.63, 3.8) is 0 Å². The summed E-state index contributed by atoms with van der Waals surface area (Å²) in [5, 5.41) is 2.86. The molecule has 1 aromatic rings. The molecule has 4 heteroatoms. The number of carbonyl (C=O) groups is 1. The van der Waals surface area contributed by atoms with Crippen LogP contribution in [0.3, 0.4) is 0 Å². The third kappa shape index (κ3) is 2.39. The number of rotatable bonds is 2. The summed E-state index contributed by atoms with van der Waals surface area (Å²) < 4.78 is 18.2. The molecule has 1 N–H and O–H groups in total. The first-order valence-electron chi connectivity index (χ1n) is 5.31. The van der Waals surface area contributed by atoms with E-state index < -0.39 is 0 Å². The molecule has 86 valence electrons. The molecule has 0 bridgehead atoms. The van der Waals surface area contributed by atoms with E-state index in [1.54, 1.807) is 13.0 Å². The average molecular weight is 223 g/mol. The van der Waals surface area contributed by atoms with Crippen molar-refractivity contribution in [3.05, 3.63) is 35.1 Å². The molecule has 0 aromatic heterocycles. The van der Waals surface area contributed by atoms with Crippen LogP contribution in [0.2, 0.25) is 0 Å². The van der Waals surface area contributed by atoms with Crippen molar-refractivity contribution in [3.8, 4) is 0 Å². The largest absolute Gasteiger partial charge is 0.379 e. The first-order chi connectivity index (χ1) is 7.66. The van der Waals surface area contributed by atoms with Gasteiger partial charge in [0.15, 0.2) is 0 Å². The Hall–Kier alpha value is -1.42. The van der Waals surface area contributed by atoms with Crippen LogP contribution in [0.1, 0.15) is 22.3 Å². The highest BCUT2D eigenvalue weighted by molar-refractivity contribution is 5.94. The second kappa shape index (κ2) is 4.61. The maximum atomic E-state index is 13.0. The second-order valence-corrected chi connectivity index (χ2v) is 4.00. The average Bonchev–Trinajstić information content (AvgIpc) is 2.74. The summed E-state index contributed by atoms with van der Waals surface area (Å²) in [4.78, 5) is 11.8. The van der Waals surface area contributed by atoms with Gasteiger partial charge in [-0.2, -0.15) is 0 Å². The highest BCUT2D eigenvalue weighted by atomic mass is 19.1. The van der Waals surface area contributed by atoms with Gasteiger partial charge in [0.25, 0.3) is 5.91 Å². The smallest absolute Gasteiger partial charge is 0.251 e. The zero-order chi connectivity index (χ0) is 11.5. The zero-order valence-electron chi connectivity index (χ0n) is 9.13. The molecule has 1 saturated heterocycles. The fourth-order valence-electron chi connectivity index (χ4n) is 1.70. The number of hydrogen-bond acceptors (Lipinski definition) is 2. The number of hydrogen-bond donors (Lipinski definition) is 1. The minimum atomic E-state index is -0.291. The van der Waals surface area contributed by atoms with Gasteiger partial charge in [0.1, 0.15) is 5.82 Å². The van der Waals surface area contributed by atoms with Gasteiger partial charge in [-0.05, 0) is 37.1 Å². The Kier molecular flexibility index (Phi) is 3.19. The third-order valence-electron chi connectivity index (χ3n) is 2.69. The van der Waals surface area contributed by atoms with E-state index in [2.05, 4.69) is 5.32 Å². The van der Waals surface area contributed by atoms with Gasteiger partial charge in [0.05, 0.1) is 12.6 Å². The molecule has 2 rings (SSSR count). The number of amides is 1. The van der Waals surface area contributed by atoms with E-state index in [0.717, 1.165) is 6.42 Å². The van der Waals surface area contributed by atoms with Gasteiger partial charge in [-0.15, -0.1) is 0 Å². The highest BCUT2D eigenvalue weighted by Crippen LogP contribution is 2.10. The topological polar surface area (TPSA) is 38.3 Å².